The van der Waals surface area contributed by atoms with Crippen LogP contribution in [0, 0.1) is 5.41 Å². The summed E-state index contributed by atoms with van der Waals surface area (Å²) in [5.41, 5.74) is 6.10. The van der Waals surface area contributed by atoms with Gasteiger partial charge in [0, 0.05) is 11.0 Å². The van der Waals surface area contributed by atoms with Crippen molar-refractivity contribution in [2.45, 2.75) is 65.4 Å². The highest BCUT2D eigenvalue weighted by Gasteiger charge is 2.45. The second-order valence-corrected chi connectivity index (χ2v) is 8.30. The number of Topliss-reactive ketones (excluding diaryl/α,β-unsaturated/α-hetero) is 1. The van der Waals surface area contributed by atoms with E-state index in [-0.39, 0.29) is 17.3 Å². The first-order chi connectivity index (χ1) is 12.3. The van der Waals surface area contributed by atoms with Gasteiger partial charge in [0.15, 0.2) is 5.78 Å². The van der Waals surface area contributed by atoms with Crippen LogP contribution in [0.5, 0.6) is 0 Å². The van der Waals surface area contributed by atoms with Crippen molar-refractivity contribution < 1.29 is 9.90 Å². The van der Waals surface area contributed by atoms with E-state index in [0.717, 1.165) is 48.8 Å². The number of aliphatic hydroxyl groups is 1. The summed E-state index contributed by atoms with van der Waals surface area (Å²) in [4.78, 5) is 12.9. The molecule has 2 heteroatoms. The van der Waals surface area contributed by atoms with E-state index in [2.05, 4.69) is 44.7 Å². The minimum Gasteiger partial charge on any atom is -0.392 e. The standard InChI is InChI=1S/C24H30O2/c1-16(2)8-9-18-10-12-19(13-11-18)14-20-15-24(4)21(17(3)23(20)26)6-5-7-22(24)25/h10-14,22,25H,1,5-9,15H2,2-4H3/b20-14-/t22-,24-/m0/s1. The first-order valence-electron chi connectivity index (χ1n) is 9.68. The van der Waals surface area contributed by atoms with Gasteiger partial charge in [-0.3, -0.25) is 4.79 Å². The van der Waals surface area contributed by atoms with E-state index >= 15 is 0 Å². The van der Waals surface area contributed by atoms with E-state index in [1.54, 1.807) is 0 Å². The summed E-state index contributed by atoms with van der Waals surface area (Å²) >= 11 is 0. The molecule has 1 aromatic rings. The lowest BCUT2D eigenvalue weighted by molar-refractivity contribution is -0.113. The van der Waals surface area contributed by atoms with Crippen LogP contribution in [0.1, 0.15) is 64.0 Å². The molecule has 2 atom stereocenters. The largest absolute Gasteiger partial charge is 0.392 e. The molecule has 0 spiro atoms. The summed E-state index contributed by atoms with van der Waals surface area (Å²) in [6, 6.07) is 8.44. The normalized spacial score (nSPS) is 27.6. The van der Waals surface area contributed by atoms with Crippen LogP contribution in [-0.4, -0.2) is 17.0 Å². The van der Waals surface area contributed by atoms with Crippen molar-refractivity contribution in [3.05, 3.63) is 64.3 Å². The van der Waals surface area contributed by atoms with E-state index in [1.807, 2.05) is 13.0 Å². The van der Waals surface area contributed by atoms with E-state index < -0.39 is 0 Å². The fourth-order valence-corrected chi connectivity index (χ4v) is 4.43. The van der Waals surface area contributed by atoms with Crippen LogP contribution in [0.4, 0.5) is 0 Å². The highest BCUT2D eigenvalue weighted by molar-refractivity contribution is 6.12. The molecule has 0 radical (unpaired) electrons. The monoisotopic (exact) mass is 350 g/mol. The van der Waals surface area contributed by atoms with Crippen LogP contribution in [-0.2, 0) is 11.2 Å². The molecule has 0 saturated heterocycles. The third-order valence-electron chi connectivity index (χ3n) is 6.13. The average molecular weight is 351 g/mol. The van der Waals surface area contributed by atoms with Gasteiger partial charge in [-0.25, -0.2) is 0 Å². The van der Waals surface area contributed by atoms with Crippen molar-refractivity contribution in [3.63, 3.8) is 0 Å². The highest BCUT2D eigenvalue weighted by atomic mass is 16.3. The summed E-state index contributed by atoms with van der Waals surface area (Å²) in [6.07, 6.45) is 7.03. The summed E-state index contributed by atoms with van der Waals surface area (Å²) in [6.45, 7) is 10.1. The summed E-state index contributed by atoms with van der Waals surface area (Å²) in [7, 11) is 0. The number of aliphatic hydroxyl groups excluding tert-OH is 1. The van der Waals surface area contributed by atoms with Gasteiger partial charge in [-0.15, -0.1) is 6.58 Å². The second-order valence-electron chi connectivity index (χ2n) is 8.30. The Kier molecular flexibility index (Phi) is 5.34. The molecule has 1 aromatic carbocycles. The molecule has 0 unspecified atom stereocenters. The first kappa shape index (κ1) is 18.8. The molecule has 1 N–H and O–H groups in total. The number of aryl methyl sites for hydroxylation is 1. The van der Waals surface area contributed by atoms with E-state index in [4.69, 9.17) is 0 Å². The zero-order valence-electron chi connectivity index (χ0n) is 16.3. The highest BCUT2D eigenvalue weighted by Crippen LogP contribution is 2.50. The summed E-state index contributed by atoms with van der Waals surface area (Å²) in [5, 5.41) is 10.6. The molecule has 26 heavy (non-hydrogen) atoms. The van der Waals surface area contributed by atoms with Crippen molar-refractivity contribution in [2.75, 3.05) is 0 Å². The summed E-state index contributed by atoms with van der Waals surface area (Å²) in [5.74, 6) is 0.151. The molecule has 0 amide bonds. The zero-order chi connectivity index (χ0) is 18.9. The number of allylic oxidation sites excluding steroid dienone is 3. The average Bonchev–Trinajstić information content (AvgIpc) is 2.61. The Morgan fingerprint density at radius 1 is 1.35 bits per heavy atom. The minimum atomic E-state index is -0.359. The molecule has 2 nitrogen and oxygen atoms in total. The van der Waals surface area contributed by atoms with E-state index in [9.17, 15) is 9.90 Å². The number of benzene rings is 1. The molecule has 0 heterocycles. The van der Waals surface area contributed by atoms with Gasteiger partial charge in [0.1, 0.15) is 0 Å². The second kappa shape index (κ2) is 7.36. The van der Waals surface area contributed by atoms with Crippen LogP contribution < -0.4 is 0 Å². The van der Waals surface area contributed by atoms with Gasteiger partial charge in [0.25, 0.3) is 0 Å². The van der Waals surface area contributed by atoms with Gasteiger partial charge in [0.05, 0.1) is 6.10 Å². The maximum absolute atomic E-state index is 12.9. The van der Waals surface area contributed by atoms with Gasteiger partial charge in [-0.1, -0.05) is 42.3 Å². The number of ketones is 1. The van der Waals surface area contributed by atoms with Crippen molar-refractivity contribution in [3.8, 4) is 0 Å². The van der Waals surface area contributed by atoms with Gasteiger partial charge < -0.3 is 5.11 Å². The third kappa shape index (κ3) is 3.61. The quantitative estimate of drug-likeness (QED) is 0.581. The molecule has 1 fully saturated rings. The van der Waals surface area contributed by atoms with Crippen molar-refractivity contribution in [1.82, 2.24) is 0 Å². The topological polar surface area (TPSA) is 37.3 Å². The molecule has 3 rings (SSSR count). The Morgan fingerprint density at radius 2 is 2.04 bits per heavy atom. The predicted octanol–water partition coefficient (Wildman–Crippen LogP) is 5.42. The van der Waals surface area contributed by atoms with Crippen LogP contribution >= 0.6 is 0 Å². The molecule has 1 saturated carbocycles. The lowest BCUT2D eigenvalue weighted by atomic mass is 9.61. The Balaban J connectivity index is 1.86. The maximum atomic E-state index is 12.9. The number of fused-ring (bicyclic) bond motifs is 1. The molecule has 2 aliphatic rings. The molecule has 0 aromatic heterocycles. The predicted molar refractivity (Wildman–Crippen MR) is 108 cm³/mol. The number of carbonyl (C=O) groups is 1. The number of carbonyl (C=O) groups excluding carboxylic acids is 1. The smallest absolute Gasteiger partial charge is 0.184 e. The minimum absolute atomic E-state index is 0.151. The van der Waals surface area contributed by atoms with Gasteiger partial charge in [-0.2, -0.15) is 0 Å². The Labute approximate surface area is 157 Å². The molecule has 0 aliphatic heterocycles. The van der Waals surface area contributed by atoms with Crippen molar-refractivity contribution >= 4 is 11.9 Å². The SMILES string of the molecule is C=C(C)CCc1ccc(/C=C2/C[C@@]3(C)C(=C(C)C2=O)CCC[C@@H]3O)cc1. The van der Waals surface area contributed by atoms with Gasteiger partial charge in [0.2, 0.25) is 0 Å². The third-order valence-corrected chi connectivity index (χ3v) is 6.13. The number of hydrogen-bond acceptors (Lipinski definition) is 2. The Hall–Kier alpha value is -1.93. The lowest BCUT2D eigenvalue weighted by Crippen LogP contribution is -2.42. The Bertz CT molecular complexity index is 779. The zero-order valence-corrected chi connectivity index (χ0v) is 16.3. The fourth-order valence-electron chi connectivity index (χ4n) is 4.43. The first-order valence-corrected chi connectivity index (χ1v) is 9.68. The van der Waals surface area contributed by atoms with E-state index in [0.29, 0.717) is 6.42 Å². The molecule has 2 aliphatic carbocycles. The fraction of sp³-hybridized carbons (Fsp3) is 0.458. The van der Waals surface area contributed by atoms with Crippen LogP contribution in [0.2, 0.25) is 0 Å². The summed E-state index contributed by atoms with van der Waals surface area (Å²) < 4.78 is 0. The number of rotatable bonds is 4. The van der Waals surface area contributed by atoms with Crippen LogP contribution in [0.25, 0.3) is 6.08 Å². The van der Waals surface area contributed by atoms with E-state index in [1.165, 1.54) is 16.7 Å². The van der Waals surface area contributed by atoms with Gasteiger partial charge >= 0.3 is 0 Å². The maximum Gasteiger partial charge on any atom is 0.184 e. The van der Waals surface area contributed by atoms with Gasteiger partial charge in [-0.05, 0) is 75.1 Å². The molecule has 138 valence electrons. The number of hydrogen-bond donors (Lipinski definition) is 1. The molecule has 0 bridgehead atoms. The Morgan fingerprint density at radius 3 is 2.69 bits per heavy atom. The lowest BCUT2D eigenvalue weighted by Gasteiger charge is -2.45. The molecular weight excluding hydrogens is 320 g/mol. The van der Waals surface area contributed by atoms with Crippen molar-refractivity contribution in [2.24, 2.45) is 5.41 Å². The van der Waals surface area contributed by atoms with Crippen LogP contribution in [0.15, 0.2) is 53.1 Å². The van der Waals surface area contributed by atoms with Crippen LogP contribution in [0.3, 0.4) is 0 Å². The molecular formula is C24H30O2. The van der Waals surface area contributed by atoms with Crippen molar-refractivity contribution in [1.29, 1.82) is 0 Å².